The zero-order valence-electron chi connectivity index (χ0n) is 13.1. The normalized spacial score (nSPS) is 14.1. The van der Waals surface area contributed by atoms with Crippen molar-refractivity contribution >= 4 is 18.3 Å². The molecule has 0 heterocycles. The van der Waals surface area contributed by atoms with Crippen molar-refractivity contribution in [2.24, 2.45) is 5.92 Å². The average Bonchev–Trinajstić information content (AvgIpc) is 2.39. The van der Waals surface area contributed by atoms with Crippen molar-refractivity contribution in [3.05, 3.63) is 35.9 Å². The van der Waals surface area contributed by atoms with E-state index >= 15 is 0 Å². The Labute approximate surface area is 128 Å². The summed E-state index contributed by atoms with van der Waals surface area (Å²) in [5.41, 5.74) is 1.15. The van der Waals surface area contributed by atoms with E-state index in [-0.39, 0.29) is 35.7 Å². The smallest absolute Gasteiger partial charge is 0.224 e. The van der Waals surface area contributed by atoms with Gasteiger partial charge in [0.1, 0.15) is 0 Å². The predicted octanol–water partition coefficient (Wildman–Crippen LogP) is 2.75. The van der Waals surface area contributed by atoms with E-state index in [0.29, 0.717) is 6.54 Å². The van der Waals surface area contributed by atoms with E-state index in [4.69, 9.17) is 0 Å². The van der Waals surface area contributed by atoms with E-state index in [1.54, 1.807) is 0 Å². The highest BCUT2D eigenvalue weighted by atomic mass is 35.5. The monoisotopic (exact) mass is 298 g/mol. The zero-order valence-corrected chi connectivity index (χ0v) is 13.9. The molecular weight excluding hydrogens is 272 g/mol. The second-order valence-electron chi connectivity index (χ2n) is 5.78. The summed E-state index contributed by atoms with van der Waals surface area (Å²) >= 11 is 0. The molecule has 0 saturated carbocycles. The Hall–Kier alpha value is -1.06. The fourth-order valence-electron chi connectivity index (χ4n) is 2.05. The molecule has 4 heteroatoms. The quantitative estimate of drug-likeness (QED) is 0.848. The Morgan fingerprint density at radius 3 is 2.25 bits per heavy atom. The Balaban J connectivity index is 0.00000361. The van der Waals surface area contributed by atoms with Gasteiger partial charge in [0.15, 0.2) is 0 Å². The molecule has 0 aliphatic carbocycles. The molecule has 0 aromatic heterocycles. The minimum absolute atomic E-state index is 0. The molecule has 3 nitrogen and oxygen atoms in total. The number of carbonyl (C=O) groups is 1. The third-order valence-electron chi connectivity index (χ3n) is 3.92. The van der Waals surface area contributed by atoms with Gasteiger partial charge >= 0.3 is 0 Å². The van der Waals surface area contributed by atoms with Crippen LogP contribution in [0.2, 0.25) is 0 Å². The highest BCUT2D eigenvalue weighted by Gasteiger charge is 2.29. The van der Waals surface area contributed by atoms with Gasteiger partial charge in [-0.1, -0.05) is 51.1 Å². The molecule has 0 bridgehead atoms. The van der Waals surface area contributed by atoms with Gasteiger partial charge < -0.3 is 10.6 Å². The summed E-state index contributed by atoms with van der Waals surface area (Å²) in [6.07, 6.45) is 0. The van der Waals surface area contributed by atoms with Crippen LogP contribution in [0.3, 0.4) is 0 Å². The number of nitrogens with one attached hydrogen (secondary N) is 2. The maximum Gasteiger partial charge on any atom is 0.224 e. The van der Waals surface area contributed by atoms with Gasteiger partial charge in [0.05, 0.1) is 0 Å². The predicted molar refractivity (Wildman–Crippen MR) is 87.4 cm³/mol. The third-order valence-corrected chi connectivity index (χ3v) is 3.92. The van der Waals surface area contributed by atoms with Crippen molar-refractivity contribution in [3.8, 4) is 0 Å². The molecule has 1 amide bonds. The SMILES string of the molecule is CNCC(C)C(=O)NC(C)C(C)(C)c1ccccc1.Cl. The molecule has 0 radical (unpaired) electrons. The van der Waals surface area contributed by atoms with Gasteiger partial charge in [0.25, 0.3) is 0 Å². The molecular formula is C16H27ClN2O. The van der Waals surface area contributed by atoms with Crippen molar-refractivity contribution in [1.82, 2.24) is 10.6 Å². The standard InChI is InChI=1S/C16H26N2O.ClH/c1-12(11-17-5)15(19)18-13(2)16(3,4)14-9-7-6-8-10-14;/h6-10,12-13,17H,11H2,1-5H3,(H,18,19);1H. The van der Waals surface area contributed by atoms with E-state index in [0.717, 1.165) is 0 Å². The van der Waals surface area contributed by atoms with Crippen LogP contribution in [0.15, 0.2) is 30.3 Å². The van der Waals surface area contributed by atoms with Crippen LogP contribution in [-0.4, -0.2) is 25.5 Å². The lowest BCUT2D eigenvalue weighted by molar-refractivity contribution is -0.125. The second-order valence-corrected chi connectivity index (χ2v) is 5.78. The minimum Gasteiger partial charge on any atom is -0.353 e. The molecule has 2 unspecified atom stereocenters. The van der Waals surface area contributed by atoms with Crippen LogP contribution in [0.1, 0.15) is 33.3 Å². The molecule has 0 spiro atoms. The summed E-state index contributed by atoms with van der Waals surface area (Å²) < 4.78 is 0. The van der Waals surface area contributed by atoms with Gasteiger partial charge in [-0.15, -0.1) is 12.4 Å². The highest BCUT2D eigenvalue weighted by Crippen LogP contribution is 2.26. The van der Waals surface area contributed by atoms with Crippen molar-refractivity contribution in [3.63, 3.8) is 0 Å². The Bertz CT molecular complexity index is 406. The topological polar surface area (TPSA) is 41.1 Å². The number of halogens is 1. The molecule has 0 saturated heterocycles. The average molecular weight is 299 g/mol. The first-order valence-corrected chi connectivity index (χ1v) is 6.90. The molecule has 0 aliphatic rings. The lowest BCUT2D eigenvalue weighted by Crippen LogP contribution is -2.48. The summed E-state index contributed by atoms with van der Waals surface area (Å²) in [6.45, 7) is 9.03. The maximum atomic E-state index is 12.1. The Kier molecular flexibility index (Phi) is 7.84. The Morgan fingerprint density at radius 2 is 1.75 bits per heavy atom. The van der Waals surface area contributed by atoms with Gasteiger partial charge in [0.2, 0.25) is 5.91 Å². The van der Waals surface area contributed by atoms with Crippen LogP contribution in [0.4, 0.5) is 0 Å². The number of benzene rings is 1. The summed E-state index contributed by atoms with van der Waals surface area (Å²) in [6, 6.07) is 10.4. The summed E-state index contributed by atoms with van der Waals surface area (Å²) in [5, 5.41) is 6.16. The lowest BCUT2D eigenvalue weighted by Gasteiger charge is -2.33. The summed E-state index contributed by atoms with van der Waals surface area (Å²) in [7, 11) is 1.86. The number of amides is 1. The van der Waals surface area contributed by atoms with Gasteiger partial charge in [-0.3, -0.25) is 4.79 Å². The van der Waals surface area contributed by atoms with E-state index < -0.39 is 0 Å². The maximum absolute atomic E-state index is 12.1. The molecule has 2 N–H and O–H groups in total. The van der Waals surface area contributed by atoms with Crippen molar-refractivity contribution < 1.29 is 4.79 Å². The van der Waals surface area contributed by atoms with Gasteiger partial charge in [0, 0.05) is 23.9 Å². The molecule has 114 valence electrons. The number of carbonyl (C=O) groups excluding carboxylic acids is 1. The number of rotatable bonds is 6. The third kappa shape index (κ3) is 4.80. The first kappa shape index (κ1) is 18.9. The molecule has 2 atom stereocenters. The first-order chi connectivity index (χ1) is 8.89. The molecule has 1 aromatic carbocycles. The lowest BCUT2D eigenvalue weighted by atomic mass is 9.78. The van der Waals surface area contributed by atoms with Crippen molar-refractivity contribution in [2.75, 3.05) is 13.6 Å². The summed E-state index contributed by atoms with van der Waals surface area (Å²) in [4.78, 5) is 12.1. The largest absolute Gasteiger partial charge is 0.353 e. The molecule has 0 fully saturated rings. The second kappa shape index (κ2) is 8.28. The van der Waals surface area contributed by atoms with Crippen LogP contribution in [0.25, 0.3) is 0 Å². The first-order valence-electron chi connectivity index (χ1n) is 6.90. The zero-order chi connectivity index (χ0) is 14.5. The van der Waals surface area contributed by atoms with Crippen LogP contribution in [-0.2, 0) is 10.2 Å². The van der Waals surface area contributed by atoms with Crippen LogP contribution < -0.4 is 10.6 Å². The summed E-state index contributed by atoms with van der Waals surface area (Å²) in [5.74, 6) is 0.0879. The van der Waals surface area contributed by atoms with E-state index in [1.807, 2.05) is 32.2 Å². The molecule has 0 aliphatic heterocycles. The van der Waals surface area contributed by atoms with E-state index in [2.05, 4.69) is 43.5 Å². The van der Waals surface area contributed by atoms with Crippen LogP contribution in [0.5, 0.6) is 0 Å². The van der Waals surface area contributed by atoms with E-state index in [9.17, 15) is 4.79 Å². The van der Waals surface area contributed by atoms with Gasteiger partial charge in [-0.2, -0.15) is 0 Å². The van der Waals surface area contributed by atoms with Crippen LogP contribution in [0, 0.1) is 5.92 Å². The van der Waals surface area contributed by atoms with Crippen molar-refractivity contribution in [1.29, 1.82) is 0 Å². The minimum atomic E-state index is -0.0870. The molecule has 1 aromatic rings. The van der Waals surface area contributed by atoms with Gasteiger partial charge in [-0.05, 0) is 19.5 Å². The van der Waals surface area contributed by atoms with Crippen molar-refractivity contribution in [2.45, 2.75) is 39.2 Å². The van der Waals surface area contributed by atoms with Gasteiger partial charge in [-0.25, -0.2) is 0 Å². The van der Waals surface area contributed by atoms with Crippen LogP contribution >= 0.6 is 12.4 Å². The number of hydrogen-bond donors (Lipinski definition) is 2. The fraction of sp³-hybridized carbons (Fsp3) is 0.562. The molecule has 1 rings (SSSR count). The highest BCUT2D eigenvalue weighted by molar-refractivity contribution is 5.85. The molecule has 20 heavy (non-hydrogen) atoms. The Morgan fingerprint density at radius 1 is 1.20 bits per heavy atom. The number of hydrogen-bond acceptors (Lipinski definition) is 2. The van der Waals surface area contributed by atoms with E-state index in [1.165, 1.54) is 5.56 Å². The fourth-order valence-corrected chi connectivity index (χ4v) is 2.05.